The minimum Gasteiger partial charge on any atom is -0.496 e. The predicted molar refractivity (Wildman–Crippen MR) is 68.6 cm³/mol. The standard InChI is InChI=1S/C14H17NO4/c1-17-11-8-13-12(18-9-19-13)6-10(11)7-14(16)15-4-2-3-5-15/h6,8H,2-5,7,9H2,1H3. The highest BCUT2D eigenvalue weighted by Crippen LogP contribution is 2.38. The third kappa shape index (κ3) is 2.32. The lowest BCUT2D eigenvalue weighted by atomic mass is 10.1. The fourth-order valence-corrected chi connectivity index (χ4v) is 2.53. The molecule has 0 aromatic heterocycles. The molecule has 0 saturated carbocycles. The number of hydrogen-bond donors (Lipinski definition) is 0. The number of carbonyl (C=O) groups is 1. The molecule has 0 radical (unpaired) electrons. The summed E-state index contributed by atoms with van der Waals surface area (Å²) < 4.78 is 16.0. The summed E-state index contributed by atoms with van der Waals surface area (Å²) >= 11 is 0. The Labute approximate surface area is 112 Å². The average molecular weight is 263 g/mol. The summed E-state index contributed by atoms with van der Waals surface area (Å²) in [6, 6.07) is 3.63. The van der Waals surface area contributed by atoms with Gasteiger partial charge >= 0.3 is 0 Å². The van der Waals surface area contributed by atoms with Crippen LogP contribution in [0.2, 0.25) is 0 Å². The van der Waals surface area contributed by atoms with E-state index in [4.69, 9.17) is 14.2 Å². The van der Waals surface area contributed by atoms with Crippen LogP contribution in [-0.4, -0.2) is 37.8 Å². The summed E-state index contributed by atoms with van der Waals surface area (Å²) in [5.74, 6) is 2.19. The van der Waals surface area contributed by atoms with Crippen molar-refractivity contribution in [3.05, 3.63) is 17.7 Å². The largest absolute Gasteiger partial charge is 0.496 e. The van der Waals surface area contributed by atoms with Crippen LogP contribution in [0.15, 0.2) is 12.1 Å². The van der Waals surface area contributed by atoms with Gasteiger partial charge in [0.2, 0.25) is 12.7 Å². The number of fused-ring (bicyclic) bond motifs is 1. The first kappa shape index (κ1) is 12.1. The number of rotatable bonds is 3. The summed E-state index contributed by atoms with van der Waals surface area (Å²) in [5, 5.41) is 0. The van der Waals surface area contributed by atoms with Gasteiger partial charge in [0.05, 0.1) is 13.5 Å². The maximum Gasteiger partial charge on any atom is 0.231 e. The average Bonchev–Trinajstić information content (AvgIpc) is 3.08. The molecule has 0 bridgehead atoms. The predicted octanol–water partition coefficient (Wildman–Crippen LogP) is 1.59. The van der Waals surface area contributed by atoms with Crippen molar-refractivity contribution in [2.75, 3.05) is 27.0 Å². The van der Waals surface area contributed by atoms with Crippen LogP contribution in [0, 0.1) is 0 Å². The molecule has 1 amide bonds. The van der Waals surface area contributed by atoms with Crippen molar-refractivity contribution in [1.29, 1.82) is 0 Å². The summed E-state index contributed by atoms with van der Waals surface area (Å²) in [4.78, 5) is 14.1. The second-order valence-electron chi connectivity index (χ2n) is 4.78. The van der Waals surface area contributed by atoms with Crippen LogP contribution in [0.4, 0.5) is 0 Å². The molecule has 0 atom stereocenters. The summed E-state index contributed by atoms with van der Waals surface area (Å²) in [6.45, 7) is 1.96. The molecule has 5 heteroatoms. The third-order valence-corrected chi connectivity index (χ3v) is 3.58. The van der Waals surface area contributed by atoms with Crippen LogP contribution in [-0.2, 0) is 11.2 Å². The molecular weight excluding hydrogens is 246 g/mol. The molecule has 0 N–H and O–H groups in total. The Morgan fingerprint density at radius 1 is 1.26 bits per heavy atom. The highest BCUT2D eigenvalue weighted by atomic mass is 16.7. The Balaban J connectivity index is 1.81. The SMILES string of the molecule is COc1cc2c(cc1CC(=O)N1CCCC1)OCO2. The number of carbonyl (C=O) groups excluding carboxylic acids is 1. The Hall–Kier alpha value is -1.91. The van der Waals surface area contributed by atoms with Gasteiger partial charge in [-0.05, 0) is 18.9 Å². The zero-order valence-corrected chi connectivity index (χ0v) is 11.0. The van der Waals surface area contributed by atoms with E-state index in [-0.39, 0.29) is 12.7 Å². The minimum atomic E-state index is 0.148. The van der Waals surface area contributed by atoms with Gasteiger partial charge in [0, 0.05) is 24.7 Å². The maximum absolute atomic E-state index is 12.2. The van der Waals surface area contributed by atoms with Crippen molar-refractivity contribution >= 4 is 5.91 Å². The molecule has 0 aliphatic carbocycles. The fourth-order valence-electron chi connectivity index (χ4n) is 2.53. The summed E-state index contributed by atoms with van der Waals surface area (Å²) in [7, 11) is 1.60. The number of methoxy groups -OCH3 is 1. The van der Waals surface area contributed by atoms with Gasteiger partial charge in [-0.15, -0.1) is 0 Å². The molecule has 1 aromatic carbocycles. The van der Waals surface area contributed by atoms with E-state index in [0.717, 1.165) is 31.5 Å². The maximum atomic E-state index is 12.2. The molecule has 0 spiro atoms. The van der Waals surface area contributed by atoms with Gasteiger partial charge in [0.15, 0.2) is 11.5 Å². The van der Waals surface area contributed by atoms with Crippen LogP contribution in [0.25, 0.3) is 0 Å². The zero-order valence-electron chi connectivity index (χ0n) is 11.0. The Bertz CT molecular complexity index is 494. The molecule has 5 nitrogen and oxygen atoms in total. The number of hydrogen-bond acceptors (Lipinski definition) is 4. The van der Waals surface area contributed by atoms with Crippen molar-refractivity contribution < 1.29 is 19.0 Å². The molecule has 3 rings (SSSR count). The lowest BCUT2D eigenvalue weighted by Gasteiger charge is -2.16. The van der Waals surface area contributed by atoms with E-state index in [9.17, 15) is 4.79 Å². The van der Waals surface area contributed by atoms with E-state index in [1.54, 1.807) is 13.2 Å². The van der Waals surface area contributed by atoms with Crippen LogP contribution in [0.5, 0.6) is 17.2 Å². The van der Waals surface area contributed by atoms with Crippen molar-refractivity contribution in [1.82, 2.24) is 4.90 Å². The van der Waals surface area contributed by atoms with E-state index in [1.165, 1.54) is 0 Å². The van der Waals surface area contributed by atoms with Gasteiger partial charge in [0.1, 0.15) is 5.75 Å². The first-order chi connectivity index (χ1) is 9.28. The Morgan fingerprint density at radius 2 is 1.95 bits per heavy atom. The molecule has 0 unspecified atom stereocenters. The number of likely N-dealkylation sites (tertiary alicyclic amines) is 1. The minimum absolute atomic E-state index is 0.148. The molecule has 2 aliphatic heterocycles. The van der Waals surface area contributed by atoms with Crippen LogP contribution in [0.1, 0.15) is 18.4 Å². The number of nitrogens with zero attached hydrogens (tertiary/aromatic N) is 1. The van der Waals surface area contributed by atoms with Crippen molar-refractivity contribution in [2.45, 2.75) is 19.3 Å². The molecule has 2 aliphatic rings. The van der Waals surface area contributed by atoms with Gasteiger partial charge < -0.3 is 19.1 Å². The molecule has 1 saturated heterocycles. The van der Waals surface area contributed by atoms with Gasteiger partial charge in [-0.1, -0.05) is 0 Å². The van der Waals surface area contributed by atoms with Crippen molar-refractivity contribution in [3.8, 4) is 17.2 Å². The van der Waals surface area contributed by atoms with Crippen LogP contribution >= 0.6 is 0 Å². The van der Waals surface area contributed by atoms with Gasteiger partial charge in [-0.25, -0.2) is 0 Å². The van der Waals surface area contributed by atoms with Crippen molar-refractivity contribution in [2.24, 2.45) is 0 Å². The molecule has 19 heavy (non-hydrogen) atoms. The number of amides is 1. The lowest BCUT2D eigenvalue weighted by Crippen LogP contribution is -2.29. The second kappa shape index (κ2) is 4.99. The fraction of sp³-hybridized carbons (Fsp3) is 0.500. The van der Waals surface area contributed by atoms with E-state index in [1.807, 2.05) is 11.0 Å². The number of benzene rings is 1. The van der Waals surface area contributed by atoms with E-state index in [2.05, 4.69) is 0 Å². The summed E-state index contributed by atoms with van der Waals surface area (Å²) in [5.41, 5.74) is 0.851. The quantitative estimate of drug-likeness (QED) is 0.831. The molecule has 1 fully saturated rings. The highest BCUT2D eigenvalue weighted by Gasteiger charge is 2.22. The topological polar surface area (TPSA) is 48.0 Å². The molecule has 102 valence electrons. The Morgan fingerprint density at radius 3 is 2.63 bits per heavy atom. The summed E-state index contributed by atoms with van der Waals surface area (Å²) in [6.07, 6.45) is 2.55. The zero-order chi connectivity index (χ0) is 13.2. The van der Waals surface area contributed by atoms with Crippen LogP contribution < -0.4 is 14.2 Å². The first-order valence-electron chi connectivity index (χ1n) is 6.52. The van der Waals surface area contributed by atoms with E-state index in [0.29, 0.717) is 23.7 Å². The van der Waals surface area contributed by atoms with E-state index >= 15 is 0 Å². The molecule has 1 aromatic rings. The smallest absolute Gasteiger partial charge is 0.231 e. The van der Waals surface area contributed by atoms with Gasteiger partial charge in [-0.2, -0.15) is 0 Å². The molecular formula is C14H17NO4. The third-order valence-electron chi connectivity index (χ3n) is 3.58. The monoisotopic (exact) mass is 263 g/mol. The van der Waals surface area contributed by atoms with E-state index < -0.39 is 0 Å². The number of ether oxygens (including phenoxy) is 3. The van der Waals surface area contributed by atoms with Gasteiger partial charge in [-0.3, -0.25) is 4.79 Å². The lowest BCUT2D eigenvalue weighted by molar-refractivity contribution is -0.129. The Kier molecular flexibility index (Phi) is 3.19. The highest BCUT2D eigenvalue weighted by molar-refractivity contribution is 5.80. The van der Waals surface area contributed by atoms with Gasteiger partial charge in [0.25, 0.3) is 0 Å². The second-order valence-corrected chi connectivity index (χ2v) is 4.78. The normalized spacial score (nSPS) is 16.8. The van der Waals surface area contributed by atoms with Crippen molar-refractivity contribution in [3.63, 3.8) is 0 Å². The molecule has 2 heterocycles. The first-order valence-corrected chi connectivity index (χ1v) is 6.52. The van der Waals surface area contributed by atoms with Crippen LogP contribution in [0.3, 0.4) is 0 Å².